The average molecular weight is 310 g/mol. The quantitative estimate of drug-likeness (QED) is 0.880. The van der Waals surface area contributed by atoms with Gasteiger partial charge in [0.1, 0.15) is 12.4 Å². The van der Waals surface area contributed by atoms with Crippen molar-refractivity contribution in [1.29, 1.82) is 0 Å². The van der Waals surface area contributed by atoms with Gasteiger partial charge in [0.05, 0.1) is 12.1 Å². The predicted octanol–water partition coefficient (Wildman–Crippen LogP) is 3.79. The zero-order valence-corrected chi connectivity index (χ0v) is 12.7. The Hall–Kier alpha value is -1.78. The maximum Gasteiger partial charge on any atom is 0.161 e. The maximum atomic E-state index is 13.8. The Morgan fingerprint density at radius 3 is 2.71 bits per heavy atom. The Morgan fingerprint density at radius 2 is 2.00 bits per heavy atom. The smallest absolute Gasteiger partial charge is 0.161 e. The van der Waals surface area contributed by atoms with E-state index in [0.29, 0.717) is 17.1 Å². The van der Waals surface area contributed by atoms with Crippen LogP contribution in [0.5, 0.6) is 11.5 Å². The highest BCUT2D eigenvalue weighted by atomic mass is 35.5. The van der Waals surface area contributed by atoms with Crippen molar-refractivity contribution >= 4 is 11.6 Å². The average Bonchev–Trinajstić information content (AvgIpc) is 2.50. The Morgan fingerprint density at radius 1 is 1.19 bits per heavy atom. The van der Waals surface area contributed by atoms with Crippen LogP contribution < -0.4 is 14.8 Å². The van der Waals surface area contributed by atoms with Crippen LogP contribution in [0.15, 0.2) is 36.4 Å². The zero-order valence-electron chi connectivity index (χ0n) is 12.0. The molecule has 21 heavy (non-hydrogen) atoms. The second-order valence-electron chi connectivity index (χ2n) is 4.52. The van der Waals surface area contributed by atoms with Crippen LogP contribution in [0.2, 0.25) is 5.02 Å². The molecule has 1 N–H and O–H groups in total. The van der Waals surface area contributed by atoms with Crippen LogP contribution in [0, 0.1) is 5.82 Å². The number of nitrogens with one attached hydrogen (secondary N) is 1. The summed E-state index contributed by atoms with van der Waals surface area (Å²) < 4.78 is 24.7. The molecular weight excluding hydrogens is 293 g/mol. The molecule has 0 spiro atoms. The highest BCUT2D eigenvalue weighted by Gasteiger charge is 2.10. The minimum Gasteiger partial charge on any atom is -0.493 e. The number of ether oxygens (including phenoxy) is 2. The SMILES string of the molecule is CNCc1ccc(OCc2cccc(Cl)c2F)c(OC)c1. The van der Waals surface area contributed by atoms with Crippen LogP contribution in [0.1, 0.15) is 11.1 Å². The third-order valence-corrected chi connectivity index (χ3v) is 3.32. The summed E-state index contributed by atoms with van der Waals surface area (Å²) in [6, 6.07) is 10.5. The van der Waals surface area contributed by atoms with Crippen molar-refractivity contribution in [1.82, 2.24) is 5.32 Å². The summed E-state index contributed by atoms with van der Waals surface area (Å²) in [5.74, 6) is 0.729. The van der Waals surface area contributed by atoms with Crippen LogP contribution in [-0.2, 0) is 13.2 Å². The van der Waals surface area contributed by atoms with Gasteiger partial charge < -0.3 is 14.8 Å². The van der Waals surface area contributed by atoms with Gasteiger partial charge in [-0.05, 0) is 30.8 Å². The maximum absolute atomic E-state index is 13.8. The Kier molecular flexibility index (Phi) is 5.42. The summed E-state index contributed by atoms with van der Waals surface area (Å²) >= 11 is 5.75. The first kappa shape index (κ1) is 15.6. The largest absolute Gasteiger partial charge is 0.493 e. The topological polar surface area (TPSA) is 30.5 Å². The van der Waals surface area contributed by atoms with E-state index >= 15 is 0 Å². The van der Waals surface area contributed by atoms with E-state index in [-0.39, 0.29) is 11.6 Å². The molecule has 0 saturated carbocycles. The van der Waals surface area contributed by atoms with E-state index in [9.17, 15) is 4.39 Å². The molecule has 0 heterocycles. The molecule has 0 radical (unpaired) electrons. The molecule has 0 amide bonds. The van der Waals surface area contributed by atoms with Crippen LogP contribution in [0.4, 0.5) is 4.39 Å². The summed E-state index contributed by atoms with van der Waals surface area (Å²) in [4.78, 5) is 0. The van der Waals surface area contributed by atoms with E-state index in [0.717, 1.165) is 12.1 Å². The van der Waals surface area contributed by atoms with E-state index in [1.165, 1.54) is 6.07 Å². The van der Waals surface area contributed by atoms with Gasteiger partial charge in [0.15, 0.2) is 11.5 Å². The summed E-state index contributed by atoms with van der Waals surface area (Å²) in [6.45, 7) is 0.827. The van der Waals surface area contributed by atoms with Crippen LogP contribution in [0.3, 0.4) is 0 Å². The standard InChI is InChI=1S/C16H17ClFNO2/c1-19-9-11-6-7-14(15(8-11)20-2)21-10-12-4-3-5-13(17)16(12)18/h3-8,19H,9-10H2,1-2H3. The van der Waals surface area contributed by atoms with Gasteiger partial charge in [0.2, 0.25) is 0 Å². The second kappa shape index (κ2) is 7.29. The lowest BCUT2D eigenvalue weighted by Crippen LogP contribution is -2.06. The molecule has 0 aliphatic heterocycles. The lowest BCUT2D eigenvalue weighted by Gasteiger charge is -2.13. The summed E-state index contributed by atoms with van der Waals surface area (Å²) in [5.41, 5.74) is 1.49. The van der Waals surface area contributed by atoms with Crippen molar-refractivity contribution < 1.29 is 13.9 Å². The van der Waals surface area contributed by atoms with Gasteiger partial charge in [0.25, 0.3) is 0 Å². The fraction of sp³-hybridized carbons (Fsp3) is 0.250. The monoisotopic (exact) mass is 309 g/mol. The first-order valence-electron chi connectivity index (χ1n) is 6.53. The van der Waals surface area contributed by atoms with Crippen molar-refractivity contribution in [2.75, 3.05) is 14.2 Å². The minimum absolute atomic E-state index is 0.0902. The molecule has 2 aromatic rings. The number of benzene rings is 2. The molecule has 5 heteroatoms. The lowest BCUT2D eigenvalue weighted by atomic mass is 10.2. The highest BCUT2D eigenvalue weighted by molar-refractivity contribution is 6.30. The van der Waals surface area contributed by atoms with Gasteiger partial charge in [-0.3, -0.25) is 0 Å². The number of methoxy groups -OCH3 is 1. The molecule has 2 aromatic carbocycles. The molecule has 0 fully saturated rings. The van der Waals surface area contributed by atoms with E-state index in [2.05, 4.69) is 5.32 Å². The lowest BCUT2D eigenvalue weighted by molar-refractivity contribution is 0.279. The number of halogens is 2. The Balaban J connectivity index is 2.14. The van der Waals surface area contributed by atoms with E-state index in [1.54, 1.807) is 19.2 Å². The fourth-order valence-electron chi connectivity index (χ4n) is 1.96. The normalized spacial score (nSPS) is 10.5. The zero-order chi connectivity index (χ0) is 15.2. The van der Waals surface area contributed by atoms with Gasteiger partial charge in [-0.15, -0.1) is 0 Å². The van der Waals surface area contributed by atoms with Crippen LogP contribution >= 0.6 is 11.6 Å². The van der Waals surface area contributed by atoms with Gasteiger partial charge in [0, 0.05) is 12.1 Å². The minimum atomic E-state index is -0.454. The van der Waals surface area contributed by atoms with Gasteiger partial charge in [-0.2, -0.15) is 0 Å². The van der Waals surface area contributed by atoms with Crippen molar-refractivity contribution in [3.63, 3.8) is 0 Å². The summed E-state index contributed by atoms with van der Waals surface area (Å²) in [5, 5.41) is 3.16. The fourth-order valence-corrected chi connectivity index (χ4v) is 2.15. The van der Waals surface area contributed by atoms with Crippen molar-refractivity contribution in [2.24, 2.45) is 0 Å². The van der Waals surface area contributed by atoms with E-state index in [4.69, 9.17) is 21.1 Å². The molecule has 0 aliphatic rings. The summed E-state index contributed by atoms with van der Waals surface area (Å²) in [6.07, 6.45) is 0. The predicted molar refractivity (Wildman–Crippen MR) is 81.5 cm³/mol. The van der Waals surface area contributed by atoms with Crippen molar-refractivity contribution in [3.8, 4) is 11.5 Å². The highest BCUT2D eigenvalue weighted by Crippen LogP contribution is 2.29. The molecule has 2 rings (SSSR count). The van der Waals surface area contributed by atoms with E-state index < -0.39 is 5.82 Å². The molecule has 0 aromatic heterocycles. The molecular formula is C16H17ClFNO2. The molecule has 0 aliphatic carbocycles. The first-order valence-corrected chi connectivity index (χ1v) is 6.90. The Labute approximate surface area is 128 Å². The molecule has 0 bridgehead atoms. The van der Waals surface area contributed by atoms with Crippen molar-refractivity contribution in [2.45, 2.75) is 13.2 Å². The third-order valence-electron chi connectivity index (χ3n) is 3.02. The van der Waals surface area contributed by atoms with Gasteiger partial charge >= 0.3 is 0 Å². The molecule has 0 unspecified atom stereocenters. The van der Waals surface area contributed by atoms with Gasteiger partial charge in [-0.1, -0.05) is 29.8 Å². The van der Waals surface area contributed by atoms with Crippen LogP contribution in [-0.4, -0.2) is 14.2 Å². The second-order valence-corrected chi connectivity index (χ2v) is 4.92. The molecule has 0 saturated heterocycles. The number of rotatable bonds is 6. The molecule has 3 nitrogen and oxygen atoms in total. The first-order chi connectivity index (χ1) is 10.2. The summed E-state index contributed by atoms with van der Waals surface area (Å²) in [7, 11) is 3.45. The number of hydrogen-bond donors (Lipinski definition) is 1. The third kappa shape index (κ3) is 3.86. The number of hydrogen-bond acceptors (Lipinski definition) is 3. The van der Waals surface area contributed by atoms with Crippen molar-refractivity contribution in [3.05, 3.63) is 58.4 Å². The van der Waals surface area contributed by atoms with E-state index in [1.807, 2.05) is 25.2 Å². The van der Waals surface area contributed by atoms with Gasteiger partial charge in [-0.25, -0.2) is 4.39 Å². The Bertz CT molecular complexity index is 619. The molecule has 112 valence electrons. The molecule has 0 atom stereocenters. The van der Waals surface area contributed by atoms with Crippen LogP contribution in [0.25, 0.3) is 0 Å².